The molecule has 0 bridgehead atoms. The molecule has 0 rings (SSSR count). The minimum atomic E-state index is -0.646. The van der Waals surface area contributed by atoms with Crippen LogP contribution in [0.3, 0.4) is 0 Å². The van der Waals surface area contributed by atoms with Crippen LogP contribution in [-0.4, -0.2) is 35.0 Å². The average Bonchev–Trinajstić information content (AvgIpc) is 2.00. The quantitative estimate of drug-likeness (QED) is 0.582. The lowest BCUT2D eigenvalue weighted by Crippen LogP contribution is -2.19. The lowest BCUT2D eigenvalue weighted by Gasteiger charge is -2.08. The topological polar surface area (TPSA) is 66.8 Å². The number of hydrogen-bond acceptors (Lipinski definition) is 4. The first-order chi connectivity index (χ1) is 5.56. The summed E-state index contributed by atoms with van der Waals surface area (Å²) in [7, 11) is 0. The maximum absolute atomic E-state index is 10.8. The van der Waals surface area contributed by atoms with Gasteiger partial charge in [0.15, 0.2) is 0 Å². The summed E-state index contributed by atoms with van der Waals surface area (Å²) in [6, 6.07) is 0. The third kappa shape index (κ3) is 6.12. The molecule has 12 heavy (non-hydrogen) atoms. The number of esters is 1. The Bertz CT molecular complexity index is 133. The Balaban J connectivity index is 3.46. The zero-order valence-electron chi connectivity index (χ0n) is 7.49. The normalized spacial score (nSPS) is 15.3. The maximum atomic E-state index is 10.8. The van der Waals surface area contributed by atoms with Crippen LogP contribution in [0.1, 0.15) is 26.7 Å². The Morgan fingerprint density at radius 2 is 2.08 bits per heavy atom. The van der Waals surface area contributed by atoms with Crippen molar-refractivity contribution in [3.05, 3.63) is 0 Å². The highest BCUT2D eigenvalue weighted by atomic mass is 16.5. The lowest BCUT2D eigenvalue weighted by molar-refractivity contribution is -0.148. The largest absolute Gasteiger partial charge is 0.463 e. The summed E-state index contributed by atoms with van der Waals surface area (Å²) < 4.78 is 4.63. The van der Waals surface area contributed by atoms with Crippen molar-refractivity contribution in [1.29, 1.82) is 0 Å². The van der Waals surface area contributed by atoms with E-state index >= 15 is 0 Å². The van der Waals surface area contributed by atoms with Gasteiger partial charge in [0.2, 0.25) is 0 Å². The molecule has 0 saturated heterocycles. The average molecular weight is 176 g/mol. The van der Waals surface area contributed by atoms with Gasteiger partial charge in [0.1, 0.15) is 6.61 Å². The lowest BCUT2D eigenvalue weighted by atomic mass is 10.2. The second kappa shape index (κ2) is 5.97. The molecule has 0 aliphatic carbocycles. The van der Waals surface area contributed by atoms with E-state index in [1.807, 2.05) is 0 Å². The number of aliphatic hydroxyl groups excluding tert-OH is 2. The van der Waals surface area contributed by atoms with E-state index in [-0.39, 0.29) is 13.0 Å². The number of ether oxygens (including phenoxy) is 1. The molecule has 2 N–H and O–H groups in total. The highest BCUT2D eigenvalue weighted by Gasteiger charge is 2.10. The van der Waals surface area contributed by atoms with Crippen molar-refractivity contribution in [3.8, 4) is 0 Å². The standard InChI is InChI=1S/C8H16O4/c1-3-7(10)4-8(11)12-5-6(2)9/h6-7,9-10H,3-5H2,1-2H3. The molecular weight excluding hydrogens is 160 g/mol. The third-order valence-electron chi connectivity index (χ3n) is 1.36. The number of carbonyl (C=O) groups is 1. The second-order valence-electron chi connectivity index (χ2n) is 2.80. The van der Waals surface area contributed by atoms with Crippen LogP contribution < -0.4 is 0 Å². The van der Waals surface area contributed by atoms with Crippen LogP contribution >= 0.6 is 0 Å². The molecule has 4 heteroatoms. The zero-order chi connectivity index (χ0) is 9.56. The highest BCUT2D eigenvalue weighted by Crippen LogP contribution is 1.98. The molecule has 0 spiro atoms. The van der Waals surface area contributed by atoms with E-state index in [4.69, 9.17) is 10.2 Å². The molecule has 0 aliphatic heterocycles. The molecule has 0 heterocycles. The fraction of sp³-hybridized carbons (Fsp3) is 0.875. The first-order valence-electron chi connectivity index (χ1n) is 4.08. The second-order valence-corrected chi connectivity index (χ2v) is 2.80. The Labute approximate surface area is 72.2 Å². The Morgan fingerprint density at radius 3 is 2.50 bits per heavy atom. The summed E-state index contributed by atoms with van der Waals surface area (Å²) >= 11 is 0. The van der Waals surface area contributed by atoms with Crippen molar-refractivity contribution >= 4 is 5.97 Å². The van der Waals surface area contributed by atoms with E-state index in [2.05, 4.69) is 4.74 Å². The molecule has 4 nitrogen and oxygen atoms in total. The van der Waals surface area contributed by atoms with Gasteiger partial charge in [0.05, 0.1) is 18.6 Å². The van der Waals surface area contributed by atoms with Gasteiger partial charge in [-0.05, 0) is 13.3 Å². The van der Waals surface area contributed by atoms with Crippen molar-refractivity contribution in [2.24, 2.45) is 0 Å². The summed E-state index contributed by atoms with van der Waals surface area (Å²) in [6.45, 7) is 3.31. The van der Waals surface area contributed by atoms with E-state index < -0.39 is 18.2 Å². The van der Waals surface area contributed by atoms with Gasteiger partial charge in [0, 0.05) is 0 Å². The first kappa shape index (κ1) is 11.4. The molecule has 0 aromatic heterocycles. The van der Waals surface area contributed by atoms with Gasteiger partial charge in [-0.15, -0.1) is 0 Å². The van der Waals surface area contributed by atoms with Crippen molar-refractivity contribution in [3.63, 3.8) is 0 Å². The van der Waals surface area contributed by atoms with E-state index in [0.29, 0.717) is 6.42 Å². The molecule has 0 amide bonds. The van der Waals surface area contributed by atoms with Gasteiger partial charge in [-0.25, -0.2) is 0 Å². The monoisotopic (exact) mass is 176 g/mol. The van der Waals surface area contributed by atoms with Crippen LogP contribution in [0.5, 0.6) is 0 Å². The molecule has 0 fully saturated rings. The number of aliphatic hydroxyl groups is 2. The summed E-state index contributed by atoms with van der Waals surface area (Å²) in [5.41, 5.74) is 0. The third-order valence-corrected chi connectivity index (χ3v) is 1.36. The van der Waals surface area contributed by atoms with Crippen molar-refractivity contribution in [1.82, 2.24) is 0 Å². The van der Waals surface area contributed by atoms with Crippen molar-refractivity contribution < 1.29 is 19.7 Å². The Kier molecular flexibility index (Phi) is 5.66. The van der Waals surface area contributed by atoms with Gasteiger partial charge < -0.3 is 14.9 Å². The van der Waals surface area contributed by atoms with E-state index in [0.717, 1.165) is 0 Å². The first-order valence-corrected chi connectivity index (χ1v) is 4.08. The minimum absolute atomic E-state index is 0.00319. The van der Waals surface area contributed by atoms with E-state index in [1.165, 1.54) is 6.92 Å². The Morgan fingerprint density at radius 1 is 1.50 bits per heavy atom. The zero-order valence-corrected chi connectivity index (χ0v) is 7.49. The Hall–Kier alpha value is -0.610. The molecule has 0 aliphatic rings. The van der Waals surface area contributed by atoms with Crippen LogP contribution in [-0.2, 0) is 9.53 Å². The predicted octanol–water partition coefficient (Wildman–Crippen LogP) is 0.0714. The molecular formula is C8H16O4. The predicted molar refractivity (Wildman–Crippen MR) is 43.6 cm³/mol. The van der Waals surface area contributed by atoms with E-state index in [1.54, 1.807) is 6.92 Å². The van der Waals surface area contributed by atoms with Crippen LogP contribution in [0.15, 0.2) is 0 Å². The van der Waals surface area contributed by atoms with Gasteiger partial charge in [-0.3, -0.25) is 4.79 Å². The van der Waals surface area contributed by atoms with Gasteiger partial charge in [0.25, 0.3) is 0 Å². The summed E-state index contributed by atoms with van der Waals surface area (Å²) in [6.07, 6.45) is -0.744. The van der Waals surface area contributed by atoms with Gasteiger partial charge >= 0.3 is 5.97 Å². The number of hydrogen-bond donors (Lipinski definition) is 2. The minimum Gasteiger partial charge on any atom is -0.463 e. The van der Waals surface area contributed by atoms with Gasteiger partial charge in [-0.1, -0.05) is 6.92 Å². The molecule has 2 atom stereocenters. The molecule has 0 saturated carbocycles. The van der Waals surface area contributed by atoms with Crippen molar-refractivity contribution in [2.45, 2.75) is 38.9 Å². The van der Waals surface area contributed by atoms with E-state index in [9.17, 15) is 4.79 Å². The van der Waals surface area contributed by atoms with Crippen LogP contribution in [0.2, 0.25) is 0 Å². The molecule has 0 aromatic carbocycles. The molecule has 0 aromatic rings. The van der Waals surface area contributed by atoms with Crippen molar-refractivity contribution in [2.75, 3.05) is 6.61 Å². The number of carbonyl (C=O) groups excluding carboxylic acids is 1. The number of rotatable bonds is 5. The fourth-order valence-electron chi connectivity index (χ4n) is 0.609. The summed E-state index contributed by atoms with van der Waals surface area (Å²) in [5, 5.41) is 17.8. The van der Waals surface area contributed by atoms with Crippen LogP contribution in [0.25, 0.3) is 0 Å². The maximum Gasteiger partial charge on any atom is 0.308 e. The van der Waals surface area contributed by atoms with Gasteiger partial charge in [-0.2, -0.15) is 0 Å². The molecule has 2 unspecified atom stereocenters. The summed E-state index contributed by atoms with van der Waals surface area (Å²) in [4.78, 5) is 10.8. The summed E-state index contributed by atoms with van der Waals surface area (Å²) in [5.74, 6) is -0.467. The van der Waals surface area contributed by atoms with Crippen LogP contribution in [0, 0.1) is 0 Å². The SMILES string of the molecule is CCC(O)CC(=O)OCC(C)O. The molecule has 0 radical (unpaired) electrons. The smallest absolute Gasteiger partial charge is 0.308 e. The molecule has 72 valence electrons. The van der Waals surface area contributed by atoms with Crippen LogP contribution in [0.4, 0.5) is 0 Å². The highest BCUT2D eigenvalue weighted by molar-refractivity contribution is 5.69. The fourth-order valence-corrected chi connectivity index (χ4v) is 0.609.